The summed E-state index contributed by atoms with van der Waals surface area (Å²) in [7, 11) is 1.56. The summed E-state index contributed by atoms with van der Waals surface area (Å²) in [6.45, 7) is 3.81. The van der Waals surface area contributed by atoms with Gasteiger partial charge in [-0.25, -0.2) is 4.79 Å². The molecule has 1 heterocycles. The fourth-order valence-electron chi connectivity index (χ4n) is 4.12. The van der Waals surface area contributed by atoms with Gasteiger partial charge in [-0.15, -0.1) is 0 Å². The van der Waals surface area contributed by atoms with E-state index in [-0.39, 0.29) is 38.1 Å². The zero-order valence-electron chi connectivity index (χ0n) is 22.9. The molecule has 9 nitrogen and oxygen atoms in total. The first-order valence-corrected chi connectivity index (χ1v) is 14.0. The molecule has 3 rings (SSSR count). The summed E-state index contributed by atoms with van der Waals surface area (Å²) in [6.07, 6.45) is 1.67. The first-order chi connectivity index (χ1) is 19.1. The van der Waals surface area contributed by atoms with Crippen molar-refractivity contribution in [3.05, 3.63) is 76.3 Å². The summed E-state index contributed by atoms with van der Waals surface area (Å²) < 4.78 is 17.4. The SMILES string of the molecule is COc1ccc(C[C@H]2NC(=O)/C=C/C[C@@H](c3ccc(Br)cc3)OC(=O)[C@H](CC(C)C)OC(=O)CCNC2=O)cc1. The number of halogens is 1. The molecule has 0 aliphatic carbocycles. The molecule has 1 aliphatic rings. The Morgan fingerprint density at radius 3 is 2.35 bits per heavy atom. The van der Waals surface area contributed by atoms with Gasteiger partial charge in [0.2, 0.25) is 11.8 Å². The van der Waals surface area contributed by atoms with Crippen LogP contribution in [0.1, 0.15) is 50.3 Å². The number of cyclic esters (lactones) is 2. The molecule has 1 aliphatic heterocycles. The molecule has 0 saturated heterocycles. The smallest absolute Gasteiger partial charge is 0.348 e. The molecule has 0 radical (unpaired) electrons. The van der Waals surface area contributed by atoms with Crippen molar-refractivity contribution in [1.82, 2.24) is 10.6 Å². The molecule has 0 spiro atoms. The average Bonchev–Trinajstić information content (AvgIpc) is 2.91. The highest BCUT2D eigenvalue weighted by Gasteiger charge is 2.29. The van der Waals surface area contributed by atoms with E-state index in [0.717, 1.165) is 10.0 Å². The van der Waals surface area contributed by atoms with Crippen molar-refractivity contribution < 1.29 is 33.4 Å². The van der Waals surface area contributed by atoms with E-state index < -0.39 is 42.0 Å². The van der Waals surface area contributed by atoms with Crippen LogP contribution in [0.25, 0.3) is 0 Å². The van der Waals surface area contributed by atoms with Crippen LogP contribution in [-0.4, -0.2) is 49.6 Å². The summed E-state index contributed by atoms with van der Waals surface area (Å²) in [4.78, 5) is 51.6. The Hall–Kier alpha value is -3.66. The van der Waals surface area contributed by atoms with E-state index in [1.807, 2.05) is 50.2 Å². The number of hydrogen-bond acceptors (Lipinski definition) is 7. The van der Waals surface area contributed by atoms with Crippen molar-refractivity contribution in [3.8, 4) is 5.75 Å². The number of carbonyl (C=O) groups excluding carboxylic acids is 4. The normalized spacial score (nSPS) is 22.1. The van der Waals surface area contributed by atoms with Crippen LogP contribution >= 0.6 is 15.9 Å². The van der Waals surface area contributed by atoms with E-state index in [2.05, 4.69) is 26.6 Å². The van der Waals surface area contributed by atoms with Crippen LogP contribution in [0.3, 0.4) is 0 Å². The maximum absolute atomic E-state index is 13.1. The van der Waals surface area contributed by atoms with Gasteiger partial charge < -0.3 is 24.8 Å². The number of benzene rings is 2. The third-order valence-corrected chi connectivity index (χ3v) is 6.73. The summed E-state index contributed by atoms with van der Waals surface area (Å²) in [5.41, 5.74) is 1.53. The molecular formula is C30H35BrN2O7. The minimum absolute atomic E-state index is 0.0204. The third-order valence-electron chi connectivity index (χ3n) is 6.20. The van der Waals surface area contributed by atoms with Gasteiger partial charge in [0.1, 0.15) is 17.9 Å². The minimum atomic E-state index is -1.09. The molecule has 0 saturated carbocycles. The quantitative estimate of drug-likeness (QED) is 0.468. The topological polar surface area (TPSA) is 120 Å². The van der Waals surface area contributed by atoms with Crippen LogP contribution < -0.4 is 15.4 Å². The molecule has 2 aromatic carbocycles. The molecule has 10 heteroatoms. The number of esters is 2. The predicted octanol–water partition coefficient (Wildman–Crippen LogP) is 4.19. The van der Waals surface area contributed by atoms with Crippen LogP contribution in [0, 0.1) is 5.92 Å². The molecule has 2 amide bonds. The highest BCUT2D eigenvalue weighted by atomic mass is 79.9. The zero-order chi connectivity index (χ0) is 29.1. The molecule has 3 atom stereocenters. The molecule has 0 bridgehead atoms. The van der Waals surface area contributed by atoms with Gasteiger partial charge in [-0.1, -0.05) is 60.1 Å². The third kappa shape index (κ3) is 9.82. The van der Waals surface area contributed by atoms with Crippen LogP contribution in [0.4, 0.5) is 0 Å². The standard InChI is InChI=1S/C30H35BrN2O7/c1-19(2)17-26-30(37)40-25(21-9-11-22(31)12-10-21)5-4-6-27(34)33-24(29(36)32-16-15-28(35)39-26)18-20-7-13-23(38-3)14-8-20/h4,6-14,19,24-26H,5,15-18H2,1-3H3,(H,32,36)(H,33,34)/b6-4+/t24-,25+,26+/m1/s1. The van der Waals surface area contributed by atoms with E-state index in [9.17, 15) is 19.2 Å². The lowest BCUT2D eigenvalue weighted by Crippen LogP contribution is -2.48. The lowest BCUT2D eigenvalue weighted by Gasteiger charge is -2.23. The minimum Gasteiger partial charge on any atom is -0.497 e. The van der Waals surface area contributed by atoms with Crippen molar-refractivity contribution in [3.63, 3.8) is 0 Å². The Bertz CT molecular complexity index is 1200. The molecule has 0 unspecified atom stereocenters. The molecule has 0 fully saturated rings. The highest BCUT2D eigenvalue weighted by Crippen LogP contribution is 2.26. The van der Waals surface area contributed by atoms with Crippen molar-refractivity contribution >= 4 is 39.7 Å². The number of methoxy groups -OCH3 is 1. The van der Waals surface area contributed by atoms with Gasteiger partial charge in [0.15, 0.2) is 6.10 Å². The van der Waals surface area contributed by atoms with Crippen LogP contribution in [-0.2, 0) is 35.1 Å². The number of nitrogens with one attached hydrogen (secondary N) is 2. The van der Waals surface area contributed by atoms with Crippen LogP contribution in [0.2, 0.25) is 0 Å². The van der Waals surface area contributed by atoms with Gasteiger partial charge in [-0.3, -0.25) is 14.4 Å². The Balaban J connectivity index is 1.86. The lowest BCUT2D eigenvalue weighted by atomic mass is 10.0. The van der Waals surface area contributed by atoms with Crippen molar-refractivity contribution in [2.24, 2.45) is 5.92 Å². The fourth-order valence-corrected chi connectivity index (χ4v) is 4.38. The van der Waals surface area contributed by atoms with E-state index >= 15 is 0 Å². The first kappa shape index (κ1) is 30.9. The number of hydrogen-bond donors (Lipinski definition) is 2. The van der Waals surface area contributed by atoms with E-state index in [4.69, 9.17) is 14.2 Å². The highest BCUT2D eigenvalue weighted by molar-refractivity contribution is 9.10. The second kappa shape index (κ2) is 15.2. The van der Waals surface area contributed by atoms with Gasteiger partial charge in [0, 0.05) is 23.9 Å². The summed E-state index contributed by atoms with van der Waals surface area (Å²) in [6, 6.07) is 13.6. The Morgan fingerprint density at radius 1 is 1.00 bits per heavy atom. The van der Waals surface area contributed by atoms with Gasteiger partial charge in [0.25, 0.3) is 0 Å². The van der Waals surface area contributed by atoms with E-state index in [1.54, 1.807) is 25.3 Å². The zero-order valence-corrected chi connectivity index (χ0v) is 24.4. The number of amides is 2. The average molecular weight is 616 g/mol. The predicted molar refractivity (Wildman–Crippen MR) is 152 cm³/mol. The summed E-state index contributed by atoms with van der Waals surface area (Å²) in [5.74, 6) is -1.48. The summed E-state index contributed by atoms with van der Waals surface area (Å²) in [5, 5.41) is 5.42. The largest absolute Gasteiger partial charge is 0.497 e. The fraction of sp³-hybridized carbons (Fsp3) is 0.400. The van der Waals surface area contributed by atoms with Crippen molar-refractivity contribution in [1.29, 1.82) is 0 Å². The molecule has 2 N–H and O–H groups in total. The van der Waals surface area contributed by atoms with Crippen LogP contribution in [0.5, 0.6) is 5.75 Å². The second-order valence-corrected chi connectivity index (χ2v) is 10.8. The number of ether oxygens (including phenoxy) is 3. The van der Waals surface area contributed by atoms with Crippen LogP contribution in [0.15, 0.2) is 65.2 Å². The number of rotatable bonds is 6. The monoisotopic (exact) mass is 614 g/mol. The van der Waals surface area contributed by atoms with Gasteiger partial charge in [0.05, 0.1) is 13.5 Å². The van der Waals surface area contributed by atoms with Gasteiger partial charge in [-0.2, -0.15) is 0 Å². The second-order valence-electron chi connectivity index (χ2n) is 9.88. The van der Waals surface area contributed by atoms with E-state index in [1.165, 1.54) is 6.08 Å². The molecule has 2 aromatic rings. The molecule has 40 heavy (non-hydrogen) atoms. The van der Waals surface area contributed by atoms with Crippen molar-refractivity contribution in [2.75, 3.05) is 13.7 Å². The maximum atomic E-state index is 13.1. The first-order valence-electron chi connectivity index (χ1n) is 13.2. The molecular weight excluding hydrogens is 580 g/mol. The number of carbonyl (C=O) groups is 4. The molecule has 0 aromatic heterocycles. The summed E-state index contributed by atoms with van der Waals surface area (Å²) >= 11 is 3.40. The lowest BCUT2D eigenvalue weighted by molar-refractivity contribution is -0.173. The van der Waals surface area contributed by atoms with E-state index in [0.29, 0.717) is 11.3 Å². The molecule has 214 valence electrons. The maximum Gasteiger partial charge on any atom is 0.348 e. The Morgan fingerprint density at radius 2 is 1.70 bits per heavy atom. The Labute approximate surface area is 242 Å². The van der Waals surface area contributed by atoms with Crippen molar-refractivity contribution in [2.45, 2.75) is 57.8 Å². The van der Waals surface area contributed by atoms with Gasteiger partial charge >= 0.3 is 11.9 Å². The van der Waals surface area contributed by atoms with Gasteiger partial charge in [-0.05, 0) is 53.8 Å². The Kier molecular flexibility index (Phi) is 11.7.